The average molecular weight is 1280 g/mol. The molecule has 0 aliphatic rings. The Hall–Kier alpha value is -6.46. The molecule has 0 spiro atoms. The third-order valence-electron chi connectivity index (χ3n) is 16.5. The molecule has 9 rings (SSSR count). The van der Waals surface area contributed by atoms with Crippen LogP contribution >= 0.6 is 31.9 Å². The van der Waals surface area contributed by atoms with Gasteiger partial charge in [0, 0.05) is 53.9 Å². The maximum absolute atomic E-state index is 10.4. The smallest absolute Gasteiger partial charge is 0.0657 e. The Kier molecular flexibility index (Phi) is 14.7. The van der Waals surface area contributed by atoms with Gasteiger partial charge in [-0.05, 0) is 178 Å². The molecule has 86 heavy (non-hydrogen) atoms. The van der Waals surface area contributed by atoms with Crippen LogP contribution in [0.2, 0.25) is 0 Å². The summed E-state index contributed by atoms with van der Waals surface area (Å²) in [5.41, 5.74) is 14.0. The predicted octanol–water partition coefficient (Wildman–Crippen LogP) is 25.9. The highest BCUT2D eigenvalue weighted by molar-refractivity contribution is 9.10. The molecule has 9 aromatic carbocycles. The molecule has 4 heteroatoms. The van der Waals surface area contributed by atoms with Crippen molar-refractivity contribution in [2.24, 2.45) is 0 Å². The lowest BCUT2D eigenvalue weighted by Crippen LogP contribution is -2.20. The lowest BCUT2D eigenvalue weighted by molar-refractivity contribution is 0.589. The molecule has 0 heterocycles. The molecule has 0 saturated carbocycles. The first-order valence-corrected chi connectivity index (χ1v) is 31.9. The number of nitrogens with zero attached hydrogens (tertiary/aromatic N) is 2. The summed E-state index contributed by atoms with van der Waals surface area (Å²) in [7, 11) is 0. The maximum atomic E-state index is 10.4. The van der Waals surface area contributed by atoms with Crippen molar-refractivity contribution in [2.75, 3.05) is 9.80 Å². The molecule has 0 N–H and O–H groups in total. The topological polar surface area (TPSA) is 6.48 Å². The van der Waals surface area contributed by atoms with Crippen molar-refractivity contribution in [1.82, 2.24) is 0 Å². The van der Waals surface area contributed by atoms with Gasteiger partial charge in [0.2, 0.25) is 0 Å². The molecule has 0 amide bonds. The summed E-state index contributed by atoms with van der Waals surface area (Å²) in [5.74, 6) is 0. The van der Waals surface area contributed by atoms with E-state index in [0.717, 1.165) is 83.5 Å². The molecule has 0 unspecified atom stereocenters. The molecular weight excluding hydrogens is 1170 g/mol. The van der Waals surface area contributed by atoms with E-state index in [1.54, 1.807) is 0 Å². The molecule has 0 radical (unpaired) electrons. The van der Waals surface area contributed by atoms with Gasteiger partial charge in [-0.3, -0.25) is 0 Å². The highest BCUT2D eigenvalue weighted by Crippen LogP contribution is 2.55. The normalized spacial score (nSPS) is 14.1. The fourth-order valence-corrected chi connectivity index (χ4v) is 11.6. The Balaban J connectivity index is 1.62. The zero-order chi connectivity index (χ0) is 69.8. The molecule has 0 aliphatic heterocycles. The first kappa shape index (κ1) is 53.8. The van der Waals surface area contributed by atoms with Gasteiger partial charge < -0.3 is 9.80 Å². The van der Waals surface area contributed by atoms with Crippen LogP contribution in [0.15, 0.2) is 197 Å². The third kappa shape index (κ3) is 14.1. The van der Waals surface area contributed by atoms with Gasteiger partial charge in [-0.1, -0.05) is 286 Å². The van der Waals surface area contributed by atoms with Crippen LogP contribution in [0.1, 0.15) is 195 Å². The van der Waals surface area contributed by atoms with Crippen molar-refractivity contribution in [1.29, 1.82) is 0 Å². The van der Waals surface area contributed by atoms with E-state index in [4.69, 9.17) is 0 Å². The number of benzene rings is 9. The maximum Gasteiger partial charge on any atom is 0.0657 e. The summed E-state index contributed by atoms with van der Waals surface area (Å²) in [6.07, 6.45) is 0. The van der Waals surface area contributed by atoms with Crippen molar-refractivity contribution in [3.63, 3.8) is 0 Å². The molecule has 0 bridgehead atoms. The van der Waals surface area contributed by atoms with Gasteiger partial charge in [0.1, 0.15) is 0 Å². The third-order valence-corrected chi connectivity index (χ3v) is 17.2. The Bertz CT molecular complexity index is 3950. The molecule has 446 valence electrons. The number of hydrogen-bond donors (Lipinski definition) is 0. The van der Waals surface area contributed by atoms with Crippen LogP contribution in [0.25, 0.3) is 44.5 Å². The minimum atomic E-state index is -0.644. The Labute approximate surface area is 547 Å². The highest BCUT2D eigenvalue weighted by atomic mass is 79.9. The Morgan fingerprint density at radius 3 is 0.767 bits per heavy atom. The van der Waals surface area contributed by atoms with Crippen molar-refractivity contribution in [3.05, 3.63) is 236 Å². The summed E-state index contributed by atoms with van der Waals surface area (Å²) in [6.45, 7) is 46.1. The minimum absolute atomic E-state index is 0.0606. The molecule has 0 aliphatic carbocycles. The van der Waals surface area contributed by atoms with Crippen molar-refractivity contribution in [3.8, 4) is 44.5 Å². The van der Waals surface area contributed by atoms with Crippen LogP contribution in [-0.2, 0) is 37.9 Å². The fraction of sp³-hybridized carbons (Fsp3) is 0.341. The van der Waals surface area contributed by atoms with Gasteiger partial charge in [0.25, 0.3) is 0 Å². The van der Waals surface area contributed by atoms with Crippen molar-refractivity contribution in [2.45, 2.75) is 183 Å². The second kappa shape index (κ2) is 23.6. The summed E-state index contributed by atoms with van der Waals surface area (Å²) in [4.78, 5) is 3.95. The highest BCUT2D eigenvalue weighted by Gasteiger charge is 2.33. The van der Waals surface area contributed by atoms with Gasteiger partial charge in [-0.15, -0.1) is 0 Å². The lowest BCUT2D eigenvalue weighted by Gasteiger charge is -2.36. The van der Waals surface area contributed by atoms with Gasteiger partial charge in [-0.25, -0.2) is 0 Å². The van der Waals surface area contributed by atoms with Gasteiger partial charge in [0.05, 0.1) is 22.3 Å². The first-order valence-electron chi connectivity index (χ1n) is 34.3. The molecule has 9 aromatic rings. The van der Waals surface area contributed by atoms with E-state index in [0.29, 0.717) is 22.7 Å². The lowest BCUT2D eigenvalue weighted by atomic mass is 9.79. The van der Waals surface area contributed by atoms with E-state index >= 15 is 0 Å². The molecule has 0 fully saturated rings. The van der Waals surface area contributed by atoms with Crippen molar-refractivity contribution >= 4 is 66.0 Å². The summed E-state index contributed by atoms with van der Waals surface area (Å²) >= 11 is 7.32. The molecule has 2 nitrogen and oxygen atoms in total. The van der Waals surface area contributed by atoms with Crippen LogP contribution in [0.3, 0.4) is 0 Å². The summed E-state index contributed by atoms with van der Waals surface area (Å²) in [6, 6.07) is 47.4. The van der Waals surface area contributed by atoms with Crippen molar-refractivity contribution < 1.29 is 11.0 Å². The van der Waals surface area contributed by atoms with E-state index < -0.39 is 5.41 Å². The van der Waals surface area contributed by atoms with Gasteiger partial charge in [0.15, 0.2) is 0 Å². The molecule has 0 saturated heterocycles. The SMILES string of the molecule is [2H]c1c([2H])c(Br)c([2H])c(N(c2cc(N(c3c(-c4cccc(C(C)(C)C)c4)cc(C(C)(C)C)cc3-c3cccc(C(C)(C)C)c3)c3c([2H])c([2H])c([2H])c(Br)c3[2H])cc(C(C)(C)C)c2)c2c(-c3cccc(C(C)(C)C)c3)cc(C(C)(C)C)cc2-c2cccc(C(C)(C)C)c2)c1[2H]. The van der Waals surface area contributed by atoms with E-state index in [1.807, 2.05) is 15.9 Å². The monoisotopic (exact) mass is 1270 g/mol. The molecular formula is C82H94Br2N2. The van der Waals surface area contributed by atoms with E-state index in [2.05, 4.69) is 311 Å². The fourth-order valence-electron chi connectivity index (χ4n) is 11.0. The summed E-state index contributed by atoms with van der Waals surface area (Å²) < 4.78 is 79.2. The van der Waals surface area contributed by atoms with E-state index in [-0.39, 0.29) is 101 Å². The second-order valence-electron chi connectivity index (χ2n) is 30.6. The zero-order valence-electron chi connectivity index (χ0n) is 62.9. The largest absolute Gasteiger partial charge is 0.309 e. The van der Waals surface area contributed by atoms with Gasteiger partial charge >= 0.3 is 0 Å². The van der Waals surface area contributed by atoms with Crippen LogP contribution < -0.4 is 9.80 Å². The summed E-state index contributed by atoms with van der Waals surface area (Å²) in [5, 5.41) is 0. The standard InChI is InChI=1S/C82H94Br2N2/c1-76(2,3)57-32-22-28-53(40-57)70-46-62(81(16,17)18)47-71(54-29-23-33-58(41-54)77(4,5)6)74(70)85(66-38-26-36-64(83)50-66)68-44-61(80(13,14)15)45-69(52-68)86(67-39-27-37-65(84)51-67)75-72(55-30-24-34-59(42-55)78(7,8)9)48-63(82(19,20)21)49-73(75)56-31-25-35-60(43-56)79(10,11)12/h22-52H,1-21H3/i26D,27D,36D,37D,38D,39D,50D,51D. The Morgan fingerprint density at radius 2 is 0.523 bits per heavy atom. The number of anilines is 6. The average Bonchev–Trinajstić information content (AvgIpc) is 0.729. The number of hydrogen-bond acceptors (Lipinski definition) is 2. The Morgan fingerprint density at radius 1 is 0.279 bits per heavy atom. The van der Waals surface area contributed by atoms with E-state index in [9.17, 15) is 11.0 Å². The van der Waals surface area contributed by atoms with E-state index in [1.165, 1.54) is 0 Å². The minimum Gasteiger partial charge on any atom is -0.309 e. The predicted molar refractivity (Wildman–Crippen MR) is 384 cm³/mol. The van der Waals surface area contributed by atoms with Crippen LogP contribution in [0, 0.1) is 0 Å². The molecule has 0 aromatic heterocycles. The van der Waals surface area contributed by atoms with Crippen LogP contribution in [0.5, 0.6) is 0 Å². The zero-order valence-corrected chi connectivity index (χ0v) is 58.1. The van der Waals surface area contributed by atoms with Crippen LogP contribution in [0.4, 0.5) is 34.1 Å². The second-order valence-corrected chi connectivity index (χ2v) is 32.2. The molecule has 0 atom stereocenters. The van der Waals surface area contributed by atoms with Gasteiger partial charge in [-0.2, -0.15) is 0 Å². The van der Waals surface area contributed by atoms with Crippen LogP contribution in [-0.4, -0.2) is 0 Å². The quantitative estimate of drug-likeness (QED) is 0.135. The first-order chi connectivity index (χ1) is 43.2. The number of halogens is 2. The number of rotatable bonds is 10.